The Balaban J connectivity index is 1.86. The van der Waals surface area contributed by atoms with Crippen molar-refractivity contribution in [3.05, 3.63) is 34.3 Å². The first-order valence-corrected chi connectivity index (χ1v) is 6.68. The quantitative estimate of drug-likeness (QED) is 0.868. The fourth-order valence-electron chi connectivity index (χ4n) is 3.18. The summed E-state index contributed by atoms with van der Waals surface area (Å²) in [6, 6.07) is 7.80. The van der Waals surface area contributed by atoms with Gasteiger partial charge in [-0.1, -0.05) is 28.1 Å². The highest BCUT2D eigenvalue weighted by atomic mass is 79.9. The van der Waals surface area contributed by atoms with Gasteiger partial charge in [-0.15, -0.1) is 0 Å². The number of hydrogen-bond acceptors (Lipinski definition) is 2. The molecule has 1 saturated carbocycles. The van der Waals surface area contributed by atoms with Crippen LogP contribution in [-0.4, -0.2) is 28.0 Å². The Morgan fingerprint density at radius 2 is 1.83 bits per heavy atom. The van der Waals surface area contributed by atoms with E-state index in [1.807, 2.05) is 24.3 Å². The number of nitrogens with zero attached hydrogens (tertiary/aromatic N) is 1. The second-order valence-corrected chi connectivity index (χ2v) is 5.80. The van der Waals surface area contributed by atoms with E-state index < -0.39 is 6.09 Å². The van der Waals surface area contributed by atoms with Crippen LogP contribution in [0.25, 0.3) is 0 Å². The lowest BCUT2D eigenvalue weighted by Crippen LogP contribution is -2.42. The summed E-state index contributed by atoms with van der Waals surface area (Å²) >= 11 is 3.38. The molecule has 0 spiro atoms. The molecule has 2 aliphatic rings. The fraction of sp³-hybridized carbons (Fsp3) is 0.385. The number of benzene rings is 1. The average molecular weight is 310 g/mol. The van der Waals surface area contributed by atoms with Gasteiger partial charge in [-0.2, -0.15) is 0 Å². The van der Waals surface area contributed by atoms with Gasteiger partial charge in [-0.3, -0.25) is 4.79 Å². The van der Waals surface area contributed by atoms with Crippen LogP contribution in [0.1, 0.15) is 24.3 Å². The van der Waals surface area contributed by atoms with Crippen LogP contribution in [0, 0.1) is 5.92 Å². The first-order valence-electron chi connectivity index (χ1n) is 5.89. The summed E-state index contributed by atoms with van der Waals surface area (Å²) in [5, 5.41) is 9.00. The molecule has 18 heavy (non-hydrogen) atoms. The molecule has 2 fully saturated rings. The largest absolute Gasteiger partial charge is 0.465 e. The molecule has 1 aromatic carbocycles. The molecule has 3 atom stereocenters. The number of fused-ring (bicyclic) bond motifs is 2. The monoisotopic (exact) mass is 309 g/mol. The SMILES string of the molecule is O=C(O)N1C(=O)[C@H]2C[C@@H]1C[C@@H]2c1ccc(Br)cc1. The third-order valence-corrected chi connectivity index (χ3v) is 4.49. The molecule has 1 saturated heterocycles. The molecule has 3 rings (SSSR count). The number of likely N-dealkylation sites (tertiary alicyclic amines) is 1. The second kappa shape index (κ2) is 4.09. The van der Waals surface area contributed by atoms with Crippen molar-refractivity contribution in [2.24, 2.45) is 5.92 Å². The molecule has 5 heteroatoms. The number of piperidine rings is 1. The molecular formula is C13H12BrNO3. The summed E-state index contributed by atoms with van der Waals surface area (Å²) in [7, 11) is 0. The lowest BCUT2D eigenvalue weighted by molar-refractivity contribution is -0.132. The van der Waals surface area contributed by atoms with Gasteiger partial charge in [0, 0.05) is 16.4 Å². The highest BCUT2D eigenvalue weighted by molar-refractivity contribution is 9.10. The first kappa shape index (κ1) is 11.7. The smallest absolute Gasteiger partial charge is 0.414 e. The van der Waals surface area contributed by atoms with Gasteiger partial charge in [0.15, 0.2) is 0 Å². The fourth-order valence-corrected chi connectivity index (χ4v) is 3.45. The maximum atomic E-state index is 12.0. The van der Waals surface area contributed by atoms with Crippen molar-refractivity contribution >= 4 is 27.9 Å². The van der Waals surface area contributed by atoms with E-state index in [0.717, 1.165) is 21.4 Å². The number of amides is 2. The molecule has 94 valence electrons. The van der Waals surface area contributed by atoms with E-state index in [-0.39, 0.29) is 23.8 Å². The van der Waals surface area contributed by atoms with E-state index >= 15 is 0 Å². The summed E-state index contributed by atoms with van der Waals surface area (Å²) in [4.78, 5) is 24.0. The van der Waals surface area contributed by atoms with Crippen molar-refractivity contribution in [2.45, 2.75) is 24.8 Å². The Hall–Kier alpha value is -1.36. The van der Waals surface area contributed by atoms with Crippen LogP contribution in [0.4, 0.5) is 4.79 Å². The van der Waals surface area contributed by atoms with Gasteiger partial charge < -0.3 is 5.11 Å². The molecule has 2 amide bonds. The number of hydrogen-bond donors (Lipinski definition) is 1. The van der Waals surface area contributed by atoms with E-state index in [2.05, 4.69) is 15.9 Å². The minimum absolute atomic E-state index is 0.131. The number of carbonyl (C=O) groups excluding carboxylic acids is 1. The van der Waals surface area contributed by atoms with Crippen molar-refractivity contribution in [3.8, 4) is 0 Å². The minimum atomic E-state index is -1.11. The van der Waals surface area contributed by atoms with E-state index in [9.17, 15) is 9.59 Å². The van der Waals surface area contributed by atoms with Crippen LogP contribution >= 0.6 is 15.9 Å². The van der Waals surface area contributed by atoms with Crippen molar-refractivity contribution in [1.29, 1.82) is 0 Å². The molecule has 0 unspecified atom stereocenters. The van der Waals surface area contributed by atoms with Gasteiger partial charge in [-0.05, 0) is 36.5 Å². The zero-order chi connectivity index (χ0) is 12.9. The van der Waals surface area contributed by atoms with Gasteiger partial charge in [0.2, 0.25) is 5.91 Å². The molecule has 4 nitrogen and oxygen atoms in total. The molecular weight excluding hydrogens is 298 g/mol. The molecule has 1 N–H and O–H groups in total. The maximum Gasteiger partial charge on any atom is 0.414 e. The zero-order valence-corrected chi connectivity index (χ0v) is 11.1. The third kappa shape index (κ3) is 1.65. The number of carbonyl (C=O) groups is 2. The molecule has 1 aliphatic carbocycles. The summed E-state index contributed by atoms with van der Waals surface area (Å²) in [5.41, 5.74) is 1.13. The number of halogens is 1. The second-order valence-electron chi connectivity index (χ2n) is 4.88. The van der Waals surface area contributed by atoms with Crippen LogP contribution in [0.2, 0.25) is 0 Å². The van der Waals surface area contributed by atoms with Crippen molar-refractivity contribution in [2.75, 3.05) is 0 Å². The average Bonchev–Trinajstić information content (AvgIpc) is 2.87. The summed E-state index contributed by atoms with van der Waals surface area (Å²) in [5.74, 6) is -0.217. The Morgan fingerprint density at radius 1 is 1.22 bits per heavy atom. The Kier molecular flexibility index (Phi) is 2.66. The Bertz CT molecular complexity index is 513. The molecule has 2 bridgehead atoms. The van der Waals surface area contributed by atoms with Crippen LogP contribution in [0.5, 0.6) is 0 Å². The van der Waals surface area contributed by atoms with Gasteiger partial charge in [0.1, 0.15) is 0 Å². The van der Waals surface area contributed by atoms with Crippen LogP contribution in [0.15, 0.2) is 28.7 Å². The number of rotatable bonds is 1. The van der Waals surface area contributed by atoms with Gasteiger partial charge in [0.25, 0.3) is 0 Å². The molecule has 0 aromatic heterocycles. The zero-order valence-electron chi connectivity index (χ0n) is 9.54. The highest BCUT2D eigenvalue weighted by Gasteiger charge is 2.53. The van der Waals surface area contributed by atoms with Gasteiger partial charge in [-0.25, -0.2) is 9.69 Å². The lowest BCUT2D eigenvalue weighted by atomic mass is 9.87. The highest BCUT2D eigenvalue weighted by Crippen LogP contribution is 2.48. The van der Waals surface area contributed by atoms with Crippen molar-refractivity contribution < 1.29 is 14.7 Å². The maximum absolute atomic E-state index is 12.0. The van der Waals surface area contributed by atoms with Crippen molar-refractivity contribution in [1.82, 2.24) is 4.90 Å². The number of imide groups is 1. The minimum Gasteiger partial charge on any atom is -0.465 e. The van der Waals surface area contributed by atoms with Crippen LogP contribution in [0.3, 0.4) is 0 Å². The predicted molar refractivity (Wildman–Crippen MR) is 68.3 cm³/mol. The summed E-state index contributed by atoms with van der Waals surface area (Å²) in [6.45, 7) is 0. The third-order valence-electron chi connectivity index (χ3n) is 3.96. The summed E-state index contributed by atoms with van der Waals surface area (Å²) < 4.78 is 1.01. The van der Waals surface area contributed by atoms with Crippen molar-refractivity contribution in [3.63, 3.8) is 0 Å². The van der Waals surface area contributed by atoms with E-state index in [1.165, 1.54) is 0 Å². The molecule has 1 aromatic rings. The van der Waals surface area contributed by atoms with Gasteiger partial charge >= 0.3 is 6.09 Å². The van der Waals surface area contributed by atoms with E-state index in [1.54, 1.807) is 0 Å². The van der Waals surface area contributed by atoms with E-state index in [4.69, 9.17) is 5.11 Å². The Labute approximate surface area is 113 Å². The topological polar surface area (TPSA) is 57.6 Å². The van der Waals surface area contributed by atoms with Gasteiger partial charge in [0.05, 0.1) is 0 Å². The normalized spacial score (nSPS) is 29.9. The molecule has 1 heterocycles. The molecule has 0 radical (unpaired) electrons. The lowest BCUT2D eigenvalue weighted by Gasteiger charge is -2.28. The first-order chi connectivity index (χ1) is 8.58. The Morgan fingerprint density at radius 3 is 2.39 bits per heavy atom. The van der Waals surface area contributed by atoms with Crippen LogP contribution < -0.4 is 0 Å². The number of carboxylic acid groups (broad SMARTS) is 1. The molecule has 1 aliphatic heterocycles. The van der Waals surface area contributed by atoms with E-state index in [0.29, 0.717) is 6.42 Å². The predicted octanol–water partition coefficient (Wildman–Crippen LogP) is 2.83. The standard InChI is InChI=1S/C13H12BrNO3/c14-8-3-1-7(2-4-8)10-5-9-6-11(10)12(16)15(9)13(17)18/h1-4,9-11H,5-6H2,(H,17,18)/t9-,10+,11-/m0/s1. The van der Waals surface area contributed by atoms with Crippen LogP contribution in [-0.2, 0) is 4.79 Å². The summed E-state index contributed by atoms with van der Waals surface area (Å²) in [6.07, 6.45) is 0.317.